The van der Waals surface area contributed by atoms with E-state index >= 15 is 0 Å². The topological polar surface area (TPSA) is 74.2 Å². The van der Waals surface area contributed by atoms with Gasteiger partial charge in [0, 0.05) is 24.0 Å². The van der Waals surface area contributed by atoms with Crippen LogP contribution in [0.3, 0.4) is 0 Å². The highest BCUT2D eigenvalue weighted by Crippen LogP contribution is 2.30. The molecule has 2 aromatic heterocycles. The number of nitrogens with zero attached hydrogens (tertiary/aromatic N) is 4. The van der Waals surface area contributed by atoms with Gasteiger partial charge in [0.05, 0.1) is 35.2 Å². The van der Waals surface area contributed by atoms with Crippen LogP contribution in [0, 0.1) is 18.6 Å². The monoisotopic (exact) mass is 399 g/mol. The number of rotatable bonds is 4. The second kappa shape index (κ2) is 7.87. The van der Waals surface area contributed by atoms with Crippen molar-refractivity contribution in [2.75, 3.05) is 23.3 Å². The third-order valence-corrected chi connectivity index (χ3v) is 5.40. The molecular weight excluding hydrogens is 376 g/mol. The number of aryl methyl sites for hydroxylation is 1. The van der Waals surface area contributed by atoms with E-state index in [0.29, 0.717) is 29.9 Å². The van der Waals surface area contributed by atoms with Crippen molar-refractivity contribution in [3.05, 3.63) is 53.4 Å². The lowest BCUT2D eigenvalue weighted by atomic mass is 10.1. The first-order chi connectivity index (χ1) is 13.9. The molecule has 8 heteroatoms. The van der Waals surface area contributed by atoms with Crippen molar-refractivity contribution >= 4 is 22.4 Å². The average molecular weight is 399 g/mol. The van der Waals surface area contributed by atoms with Crippen LogP contribution < -0.4 is 10.2 Å². The molecule has 1 aliphatic rings. The minimum Gasteiger partial charge on any atom is -0.393 e. The van der Waals surface area contributed by atoms with Crippen LogP contribution in [0.25, 0.3) is 10.9 Å². The average Bonchev–Trinajstić information content (AvgIpc) is 2.72. The van der Waals surface area contributed by atoms with Gasteiger partial charge in [-0.15, -0.1) is 5.10 Å². The Bertz CT molecular complexity index is 1040. The van der Waals surface area contributed by atoms with Gasteiger partial charge in [0.15, 0.2) is 17.5 Å². The van der Waals surface area contributed by atoms with Crippen LogP contribution in [0.2, 0.25) is 0 Å². The highest BCUT2D eigenvalue weighted by molar-refractivity contribution is 5.92. The Hall–Kier alpha value is -2.87. The quantitative estimate of drug-likeness (QED) is 0.696. The number of aliphatic hydroxyl groups is 1. The summed E-state index contributed by atoms with van der Waals surface area (Å²) in [5.74, 6) is -1.29. The van der Waals surface area contributed by atoms with Gasteiger partial charge in [-0.2, -0.15) is 5.10 Å². The Kier molecular flexibility index (Phi) is 5.27. The van der Waals surface area contributed by atoms with Gasteiger partial charge in [0.1, 0.15) is 0 Å². The van der Waals surface area contributed by atoms with E-state index in [9.17, 15) is 13.9 Å². The number of nitrogens with one attached hydrogen (secondary N) is 1. The molecule has 0 aliphatic carbocycles. The molecule has 1 atom stereocenters. The van der Waals surface area contributed by atoms with E-state index in [-0.39, 0.29) is 11.7 Å². The third-order valence-electron chi connectivity index (χ3n) is 5.40. The number of pyridine rings is 1. The van der Waals surface area contributed by atoms with Crippen LogP contribution in [-0.4, -0.2) is 39.5 Å². The molecule has 4 rings (SSSR count). The summed E-state index contributed by atoms with van der Waals surface area (Å²) in [4.78, 5) is 6.74. The molecule has 29 heavy (non-hydrogen) atoms. The molecule has 6 nitrogen and oxygen atoms in total. The van der Waals surface area contributed by atoms with Crippen molar-refractivity contribution in [1.29, 1.82) is 0 Å². The van der Waals surface area contributed by atoms with Crippen LogP contribution >= 0.6 is 0 Å². The van der Waals surface area contributed by atoms with E-state index in [1.807, 2.05) is 13.0 Å². The summed E-state index contributed by atoms with van der Waals surface area (Å²) in [7, 11) is 0. The van der Waals surface area contributed by atoms with Crippen LogP contribution in [0.5, 0.6) is 0 Å². The van der Waals surface area contributed by atoms with Gasteiger partial charge in [-0.3, -0.25) is 4.98 Å². The predicted octanol–water partition coefficient (Wildman–Crippen LogP) is 3.75. The molecule has 1 fully saturated rings. The Balaban J connectivity index is 1.69. The molecule has 152 valence electrons. The predicted molar refractivity (Wildman–Crippen MR) is 108 cm³/mol. The van der Waals surface area contributed by atoms with Gasteiger partial charge in [-0.1, -0.05) is 12.1 Å². The lowest BCUT2D eigenvalue weighted by Gasteiger charge is -2.31. The Morgan fingerprint density at radius 2 is 1.97 bits per heavy atom. The molecule has 1 aromatic carbocycles. The van der Waals surface area contributed by atoms with Crippen molar-refractivity contribution < 1.29 is 13.9 Å². The first kappa shape index (κ1) is 19.4. The third kappa shape index (κ3) is 3.85. The fourth-order valence-corrected chi connectivity index (χ4v) is 3.69. The Labute approximate surface area is 167 Å². The number of aromatic nitrogens is 3. The number of hydrogen-bond donors (Lipinski definition) is 2. The minimum atomic E-state index is -0.882. The summed E-state index contributed by atoms with van der Waals surface area (Å²) in [6.45, 7) is 5.08. The standard InChI is InChI=1S/C21H23F2N5O/c1-12(16-4-3-5-18(22)19(16)23)25-21-17-10-14(28-8-6-15(29)7-9-28)11-24-20(17)13(2)26-27-21/h3-5,10-12,15,29H,6-9H2,1-2H3,(H,25,27)/t12-/m1/s1. The molecule has 2 N–H and O–H groups in total. The van der Waals surface area contributed by atoms with E-state index in [2.05, 4.69) is 25.4 Å². The highest BCUT2D eigenvalue weighted by Gasteiger charge is 2.20. The summed E-state index contributed by atoms with van der Waals surface area (Å²) in [5, 5.41) is 22.1. The first-order valence-electron chi connectivity index (χ1n) is 9.70. The number of piperidine rings is 1. The number of fused-ring (bicyclic) bond motifs is 1. The van der Waals surface area contributed by atoms with Crippen LogP contribution in [-0.2, 0) is 0 Å². The van der Waals surface area contributed by atoms with Crippen molar-refractivity contribution in [2.45, 2.75) is 38.8 Å². The smallest absolute Gasteiger partial charge is 0.164 e. The van der Waals surface area contributed by atoms with E-state index in [0.717, 1.165) is 30.2 Å². The molecule has 1 saturated heterocycles. The van der Waals surface area contributed by atoms with E-state index in [1.165, 1.54) is 6.07 Å². The zero-order chi connectivity index (χ0) is 20.5. The fraction of sp³-hybridized carbons (Fsp3) is 0.381. The molecule has 0 radical (unpaired) electrons. The minimum absolute atomic E-state index is 0.217. The van der Waals surface area contributed by atoms with Crippen molar-refractivity contribution in [3.8, 4) is 0 Å². The van der Waals surface area contributed by atoms with Crippen LogP contribution in [0.1, 0.15) is 37.1 Å². The fourth-order valence-electron chi connectivity index (χ4n) is 3.69. The van der Waals surface area contributed by atoms with Crippen molar-refractivity contribution in [1.82, 2.24) is 15.2 Å². The molecule has 3 aromatic rings. The van der Waals surface area contributed by atoms with Crippen LogP contribution in [0.4, 0.5) is 20.3 Å². The number of benzene rings is 1. The number of hydrogen-bond acceptors (Lipinski definition) is 6. The summed E-state index contributed by atoms with van der Waals surface area (Å²) in [6, 6.07) is 5.59. The van der Waals surface area contributed by atoms with Crippen LogP contribution in [0.15, 0.2) is 30.5 Å². The summed E-state index contributed by atoms with van der Waals surface area (Å²) in [6.07, 6.45) is 2.97. The van der Waals surface area contributed by atoms with E-state index in [4.69, 9.17) is 0 Å². The van der Waals surface area contributed by atoms with Gasteiger partial charge >= 0.3 is 0 Å². The molecule has 0 amide bonds. The number of halogens is 2. The Morgan fingerprint density at radius 1 is 1.21 bits per heavy atom. The molecule has 0 spiro atoms. The molecule has 0 saturated carbocycles. The SMILES string of the molecule is Cc1nnc(N[C@H](C)c2cccc(F)c2F)c2cc(N3CCC(O)CC3)cnc12. The van der Waals surface area contributed by atoms with E-state index < -0.39 is 17.7 Å². The normalized spacial score (nSPS) is 16.2. The summed E-state index contributed by atoms with van der Waals surface area (Å²) in [5.41, 5.74) is 2.55. The first-order valence-corrected chi connectivity index (χ1v) is 9.70. The lowest BCUT2D eigenvalue weighted by Crippen LogP contribution is -2.35. The molecule has 3 heterocycles. The van der Waals surface area contributed by atoms with Gasteiger partial charge in [-0.25, -0.2) is 8.78 Å². The molecule has 0 bridgehead atoms. The second-order valence-electron chi connectivity index (χ2n) is 7.45. The highest BCUT2D eigenvalue weighted by atomic mass is 19.2. The second-order valence-corrected chi connectivity index (χ2v) is 7.45. The molecule has 0 unspecified atom stereocenters. The van der Waals surface area contributed by atoms with Gasteiger partial charge < -0.3 is 15.3 Å². The van der Waals surface area contributed by atoms with Crippen molar-refractivity contribution in [2.24, 2.45) is 0 Å². The Morgan fingerprint density at radius 3 is 2.72 bits per heavy atom. The molecule has 1 aliphatic heterocycles. The van der Waals surface area contributed by atoms with Gasteiger partial charge in [0.2, 0.25) is 0 Å². The largest absolute Gasteiger partial charge is 0.393 e. The molecular formula is C21H23F2N5O. The summed E-state index contributed by atoms with van der Waals surface area (Å²) >= 11 is 0. The zero-order valence-electron chi connectivity index (χ0n) is 16.4. The maximum absolute atomic E-state index is 14.2. The van der Waals surface area contributed by atoms with Gasteiger partial charge in [-0.05, 0) is 38.8 Å². The maximum atomic E-state index is 14.2. The lowest BCUT2D eigenvalue weighted by molar-refractivity contribution is 0.145. The number of aliphatic hydroxyl groups excluding tert-OH is 1. The van der Waals surface area contributed by atoms with E-state index in [1.54, 1.807) is 19.2 Å². The zero-order valence-corrected chi connectivity index (χ0v) is 16.4. The summed E-state index contributed by atoms with van der Waals surface area (Å²) < 4.78 is 27.8. The van der Waals surface area contributed by atoms with Gasteiger partial charge in [0.25, 0.3) is 0 Å². The maximum Gasteiger partial charge on any atom is 0.164 e. The van der Waals surface area contributed by atoms with Crippen molar-refractivity contribution in [3.63, 3.8) is 0 Å². The number of anilines is 2.